The van der Waals surface area contributed by atoms with Crippen molar-refractivity contribution in [2.75, 3.05) is 23.9 Å². The highest BCUT2D eigenvalue weighted by molar-refractivity contribution is 6.35. The predicted molar refractivity (Wildman–Crippen MR) is 119 cm³/mol. The molecule has 1 heterocycles. The largest absolute Gasteiger partial charge is 0.362 e. The lowest BCUT2D eigenvalue weighted by Gasteiger charge is -2.35. The van der Waals surface area contributed by atoms with E-state index in [2.05, 4.69) is 11.0 Å². The van der Waals surface area contributed by atoms with Gasteiger partial charge in [0.1, 0.15) is 5.82 Å². The molecule has 0 radical (unpaired) electrons. The molecule has 1 fully saturated rings. The fraction of sp³-hybridized carbons (Fsp3) is 0.364. The molecule has 0 aliphatic heterocycles. The standard InChI is InChI=1S/C22H24Cl2N4/c1-27(2)21-19-10-6-7-11-20(19)25-22(26-21)28(17-8-4-3-5-9-17)18-13-15(23)12-16(24)14-18/h6-7,10-14,17H,3-5,8-9H2,1-2H3. The van der Waals surface area contributed by atoms with Crippen LogP contribution in [0.5, 0.6) is 0 Å². The van der Waals surface area contributed by atoms with Gasteiger partial charge in [-0.2, -0.15) is 4.98 Å². The topological polar surface area (TPSA) is 32.3 Å². The normalized spacial score (nSPS) is 15.0. The molecule has 0 unspecified atom stereocenters. The number of aromatic nitrogens is 2. The Morgan fingerprint density at radius 2 is 1.57 bits per heavy atom. The van der Waals surface area contributed by atoms with Crippen LogP contribution in [0.15, 0.2) is 42.5 Å². The third-order valence-corrected chi connectivity index (χ3v) is 5.71. The van der Waals surface area contributed by atoms with Crippen molar-refractivity contribution in [3.63, 3.8) is 0 Å². The first kappa shape index (κ1) is 19.3. The summed E-state index contributed by atoms with van der Waals surface area (Å²) >= 11 is 12.7. The van der Waals surface area contributed by atoms with E-state index in [1.54, 1.807) is 6.07 Å². The molecule has 4 nitrogen and oxygen atoms in total. The summed E-state index contributed by atoms with van der Waals surface area (Å²) < 4.78 is 0. The summed E-state index contributed by atoms with van der Waals surface area (Å²) in [5.74, 6) is 1.61. The Balaban J connectivity index is 1.91. The van der Waals surface area contributed by atoms with Crippen LogP contribution in [0.4, 0.5) is 17.5 Å². The highest BCUT2D eigenvalue weighted by atomic mass is 35.5. The number of fused-ring (bicyclic) bond motifs is 1. The van der Waals surface area contributed by atoms with Gasteiger partial charge in [-0.1, -0.05) is 54.6 Å². The number of nitrogens with zero attached hydrogens (tertiary/aromatic N) is 4. The monoisotopic (exact) mass is 414 g/mol. The van der Waals surface area contributed by atoms with Crippen LogP contribution in [-0.2, 0) is 0 Å². The van der Waals surface area contributed by atoms with Crippen molar-refractivity contribution in [3.05, 3.63) is 52.5 Å². The van der Waals surface area contributed by atoms with E-state index in [0.29, 0.717) is 22.0 Å². The van der Waals surface area contributed by atoms with Crippen LogP contribution in [0.2, 0.25) is 10.0 Å². The van der Waals surface area contributed by atoms with Crippen LogP contribution in [-0.4, -0.2) is 30.1 Å². The number of para-hydroxylation sites is 1. The van der Waals surface area contributed by atoms with Gasteiger partial charge in [0.05, 0.1) is 5.52 Å². The summed E-state index contributed by atoms with van der Waals surface area (Å²) in [5.41, 5.74) is 1.88. The zero-order chi connectivity index (χ0) is 19.7. The van der Waals surface area contributed by atoms with Crippen LogP contribution in [0.25, 0.3) is 10.9 Å². The second-order valence-corrected chi connectivity index (χ2v) is 8.42. The molecule has 2 aromatic carbocycles. The molecule has 1 aliphatic rings. The Bertz CT molecular complexity index is 963. The van der Waals surface area contributed by atoms with Gasteiger partial charge in [0.25, 0.3) is 0 Å². The zero-order valence-electron chi connectivity index (χ0n) is 16.2. The van der Waals surface area contributed by atoms with Crippen molar-refractivity contribution < 1.29 is 0 Å². The number of hydrogen-bond donors (Lipinski definition) is 0. The molecular formula is C22H24Cl2N4. The van der Waals surface area contributed by atoms with Crippen LogP contribution < -0.4 is 9.80 Å². The highest BCUT2D eigenvalue weighted by Crippen LogP contribution is 2.37. The van der Waals surface area contributed by atoms with E-state index in [9.17, 15) is 0 Å². The van der Waals surface area contributed by atoms with Gasteiger partial charge in [0, 0.05) is 41.3 Å². The maximum Gasteiger partial charge on any atom is 0.232 e. The van der Waals surface area contributed by atoms with Gasteiger partial charge in [-0.25, -0.2) is 4.98 Å². The molecule has 0 bridgehead atoms. The van der Waals surface area contributed by atoms with E-state index in [4.69, 9.17) is 33.2 Å². The van der Waals surface area contributed by atoms with Crippen molar-refractivity contribution in [1.29, 1.82) is 0 Å². The Morgan fingerprint density at radius 3 is 2.25 bits per heavy atom. The first-order chi connectivity index (χ1) is 13.5. The number of hydrogen-bond acceptors (Lipinski definition) is 4. The third-order valence-electron chi connectivity index (χ3n) is 5.28. The fourth-order valence-electron chi connectivity index (χ4n) is 4.00. The Labute approximate surface area is 176 Å². The van der Waals surface area contributed by atoms with Gasteiger partial charge < -0.3 is 9.80 Å². The van der Waals surface area contributed by atoms with E-state index in [-0.39, 0.29) is 0 Å². The van der Waals surface area contributed by atoms with Crippen molar-refractivity contribution >= 4 is 51.6 Å². The maximum atomic E-state index is 6.34. The SMILES string of the molecule is CN(C)c1nc(N(c2cc(Cl)cc(Cl)c2)C2CCCCC2)nc2ccccc12. The molecule has 28 heavy (non-hydrogen) atoms. The van der Waals surface area contributed by atoms with Gasteiger partial charge >= 0.3 is 0 Å². The number of benzene rings is 2. The lowest BCUT2D eigenvalue weighted by atomic mass is 9.94. The van der Waals surface area contributed by atoms with E-state index in [0.717, 1.165) is 35.2 Å². The Morgan fingerprint density at radius 1 is 0.893 bits per heavy atom. The molecule has 146 valence electrons. The van der Waals surface area contributed by atoms with E-state index < -0.39 is 0 Å². The van der Waals surface area contributed by atoms with Crippen molar-refractivity contribution in [1.82, 2.24) is 9.97 Å². The highest BCUT2D eigenvalue weighted by Gasteiger charge is 2.26. The second kappa shape index (κ2) is 8.14. The quantitative estimate of drug-likeness (QED) is 0.489. The molecule has 0 N–H and O–H groups in total. The lowest BCUT2D eigenvalue weighted by molar-refractivity contribution is 0.433. The van der Waals surface area contributed by atoms with Crippen molar-refractivity contribution in [2.24, 2.45) is 0 Å². The van der Waals surface area contributed by atoms with Gasteiger partial charge in [-0.05, 0) is 43.2 Å². The molecule has 4 rings (SSSR count). The molecule has 0 atom stereocenters. The summed E-state index contributed by atoms with van der Waals surface area (Å²) in [5, 5.41) is 2.29. The zero-order valence-corrected chi connectivity index (χ0v) is 17.7. The van der Waals surface area contributed by atoms with Gasteiger partial charge in [-0.15, -0.1) is 0 Å². The smallest absolute Gasteiger partial charge is 0.232 e. The van der Waals surface area contributed by atoms with Gasteiger partial charge in [-0.3, -0.25) is 0 Å². The molecule has 0 saturated heterocycles. The van der Waals surface area contributed by atoms with Gasteiger partial charge in [0.2, 0.25) is 5.95 Å². The fourth-order valence-corrected chi connectivity index (χ4v) is 4.52. The molecule has 1 saturated carbocycles. The maximum absolute atomic E-state index is 6.34. The van der Waals surface area contributed by atoms with Crippen LogP contribution in [0.3, 0.4) is 0 Å². The minimum Gasteiger partial charge on any atom is -0.362 e. The summed E-state index contributed by atoms with van der Waals surface area (Å²) in [6.45, 7) is 0. The molecule has 0 spiro atoms. The number of anilines is 3. The lowest BCUT2D eigenvalue weighted by Crippen LogP contribution is -2.34. The number of halogens is 2. The van der Waals surface area contributed by atoms with Gasteiger partial charge in [0.15, 0.2) is 0 Å². The summed E-state index contributed by atoms with van der Waals surface area (Å²) in [7, 11) is 4.03. The summed E-state index contributed by atoms with van der Waals surface area (Å²) in [6.07, 6.45) is 5.92. The van der Waals surface area contributed by atoms with Crippen molar-refractivity contribution in [2.45, 2.75) is 38.1 Å². The van der Waals surface area contributed by atoms with Crippen LogP contribution >= 0.6 is 23.2 Å². The Hall–Kier alpha value is -2.04. The third kappa shape index (κ3) is 3.89. The number of rotatable bonds is 4. The predicted octanol–water partition coefficient (Wildman–Crippen LogP) is 6.47. The minimum atomic E-state index is 0.333. The Kier molecular flexibility index (Phi) is 5.61. The second-order valence-electron chi connectivity index (χ2n) is 7.55. The van der Waals surface area contributed by atoms with Crippen LogP contribution in [0, 0.1) is 0 Å². The minimum absolute atomic E-state index is 0.333. The molecule has 6 heteroatoms. The molecule has 1 aliphatic carbocycles. The van der Waals surface area contributed by atoms with E-state index >= 15 is 0 Å². The average Bonchev–Trinajstić information content (AvgIpc) is 2.67. The summed E-state index contributed by atoms with van der Waals surface area (Å²) in [4.78, 5) is 14.2. The first-order valence-electron chi connectivity index (χ1n) is 9.72. The molecular weight excluding hydrogens is 391 g/mol. The molecule has 0 amide bonds. The first-order valence-corrected chi connectivity index (χ1v) is 10.5. The van der Waals surface area contributed by atoms with E-state index in [1.807, 2.05) is 49.3 Å². The van der Waals surface area contributed by atoms with Crippen LogP contribution in [0.1, 0.15) is 32.1 Å². The molecule has 3 aromatic rings. The van der Waals surface area contributed by atoms with E-state index in [1.165, 1.54) is 19.3 Å². The summed E-state index contributed by atoms with van der Waals surface area (Å²) in [6, 6.07) is 14.1. The molecule has 1 aromatic heterocycles. The average molecular weight is 415 g/mol. The van der Waals surface area contributed by atoms with Crippen molar-refractivity contribution in [3.8, 4) is 0 Å².